The lowest BCUT2D eigenvalue weighted by Gasteiger charge is -2.14. The van der Waals surface area contributed by atoms with Gasteiger partial charge in [0.15, 0.2) is 0 Å². The fraction of sp³-hybridized carbons (Fsp3) is 0.227. The number of rotatable bonds is 5. The van der Waals surface area contributed by atoms with Gasteiger partial charge in [0.25, 0.3) is 10.0 Å². The minimum Gasteiger partial charge on any atom is -0.451 e. The number of halogens is 1. The number of sulfonamides is 1. The number of furan rings is 1. The van der Waals surface area contributed by atoms with Crippen LogP contribution >= 0.6 is 22.9 Å². The molecule has 0 aliphatic rings. The van der Waals surface area contributed by atoms with Crippen molar-refractivity contribution in [2.24, 2.45) is 0 Å². The predicted octanol–water partition coefficient (Wildman–Crippen LogP) is 5.92. The highest BCUT2D eigenvalue weighted by Gasteiger charge is 2.26. The van der Waals surface area contributed by atoms with Crippen LogP contribution in [-0.4, -0.2) is 23.4 Å². The zero-order chi connectivity index (χ0) is 23.1. The van der Waals surface area contributed by atoms with Gasteiger partial charge in [0, 0.05) is 17.2 Å². The lowest BCUT2D eigenvalue weighted by atomic mass is 9.98. The van der Waals surface area contributed by atoms with Crippen molar-refractivity contribution in [3.63, 3.8) is 0 Å². The topological polar surface area (TPSA) is 98.0 Å². The Morgan fingerprint density at radius 1 is 1.09 bits per heavy atom. The SMILES string of the molecule is Cc1nccc(-c2sc(C(C)(C)C)nc2-c2cccc(NS(=O)(=O)c3ccco3)c2Cl)n1. The van der Waals surface area contributed by atoms with Crippen molar-refractivity contribution in [2.45, 2.75) is 38.2 Å². The first kappa shape index (κ1) is 22.4. The van der Waals surface area contributed by atoms with Crippen molar-refractivity contribution in [1.82, 2.24) is 15.0 Å². The highest BCUT2D eigenvalue weighted by molar-refractivity contribution is 7.92. The maximum atomic E-state index is 12.6. The van der Waals surface area contributed by atoms with E-state index in [1.54, 1.807) is 18.3 Å². The summed E-state index contributed by atoms with van der Waals surface area (Å²) in [5, 5.41) is 0.955. The van der Waals surface area contributed by atoms with Crippen LogP contribution in [-0.2, 0) is 15.4 Å². The number of nitrogens with zero attached hydrogens (tertiary/aromatic N) is 3. The monoisotopic (exact) mass is 488 g/mol. The van der Waals surface area contributed by atoms with Gasteiger partial charge < -0.3 is 4.42 Å². The van der Waals surface area contributed by atoms with E-state index in [1.807, 2.05) is 19.1 Å². The fourth-order valence-corrected chi connectivity index (χ4v) is 5.41. The van der Waals surface area contributed by atoms with Gasteiger partial charge in [-0.15, -0.1) is 11.3 Å². The molecule has 0 amide bonds. The van der Waals surface area contributed by atoms with Crippen LogP contribution in [0.3, 0.4) is 0 Å². The van der Waals surface area contributed by atoms with Crippen LogP contribution in [0.2, 0.25) is 5.02 Å². The zero-order valence-corrected chi connectivity index (χ0v) is 20.3. The average Bonchev–Trinajstić information content (AvgIpc) is 3.40. The summed E-state index contributed by atoms with van der Waals surface area (Å²) in [6.07, 6.45) is 3.00. The smallest absolute Gasteiger partial charge is 0.295 e. The van der Waals surface area contributed by atoms with E-state index in [2.05, 4.69) is 35.5 Å². The van der Waals surface area contributed by atoms with Gasteiger partial charge in [0.2, 0.25) is 5.09 Å². The quantitative estimate of drug-likeness (QED) is 0.374. The Balaban J connectivity index is 1.85. The molecule has 3 aromatic heterocycles. The summed E-state index contributed by atoms with van der Waals surface area (Å²) >= 11 is 8.23. The summed E-state index contributed by atoms with van der Waals surface area (Å²) in [4.78, 5) is 14.5. The normalized spacial score (nSPS) is 12.2. The third kappa shape index (κ3) is 4.41. The molecule has 0 atom stereocenters. The molecule has 32 heavy (non-hydrogen) atoms. The van der Waals surface area contributed by atoms with Gasteiger partial charge in [-0.05, 0) is 31.2 Å². The number of nitrogens with one attached hydrogen (secondary N) is 1. The van der Waals surface area contributed by atoms with Gasteiger partial charge in [0.1, 0.15) is 5.82 Å². The number of aryl methyl sites for hydroxylation is 1. The maximum Gasteiger partial charge on any atom is 0.295 e. The standard InChI is InChI=1S/C22H21ClN4O3S2/c1-13-24-11-10-16(25-13)20-19(26-21(31-20)22(2,3)4)14-7-5-8-15(18(14)23)27-32(28,29)17-9-6-12-30-17/h5-12,27H,1-4H3. The van der Waals surface area contributed by atoms with Crippen molar-refractivity contribution >= 4 is 38.6 Å². The summed E-state index contributed by atoms with van der Waals surface area (Å²) < 4.78 is 32.8. The number of hydrogen-bond acceptors (Lipinski definition) is 7. The second-order valence-electron chi connectivity index (χ2n) is 8.14. The molecule has 0 aliphatic carbocycles. The molecule has 0 fully saturated rings. The summed E-state index contributed by atoms with van der Waals surface area (Å²) in [5.41, 5.74) is 2.02. The molecule has 4 rings (SSSR count). The lowest BCUT2D eigenvalue weighted by Crippen LogP contribution is -2.12. The number of thiazole rings is 1. The minimum absolute atomic E-state index is 0.190. The van der Waals surface area contributed by atoms with Crippen LogP contribution in [0, 0.1) is 6.92 Å². The largest absolute Gasteiger partial charge is 0.451 e. The zero-order valence-electron chi connectivity index (χ0n) is 17.9. The molecular weight excluding hydrogens is 468 g/mol. The summed E-state index contributed by atoms with van der Waals surface area (Å²) in [6.45, 7) is 8.08. The first-order chi connectivity index (χ1) is 15.1. The molecule has 4 aromatic rings. The third-order valence-electron chi connectivity index (χ3n) is 4.54. The van der Waals surface area contributed by atoms with Crippen LogP contribution in [0.15, 0.2) is 58.4 Å². The van der Waals surface area contributed by atoms with E-state index in [0.717, 1.165) is 15.6 Å². The van der Waals surface area contributed by atoms with Crippen molar-refractivity contribution in [2.75, 3.05) is 4.72 Å². The second-order valence-corrected chi connectivity index (χ2v) is 11.1. The van der Waals surface area contributed by atoms with Gasteiger partial charge in [-0.3, -0.25) is 4.72 Å². The van der Waals surface area contributed by atoms with E-state index in [4.69, 9.17) is 21.0 Å². The molecule has 0 radical (unpaired) electrons. The van der Waals surface area contributed by atoms with Gasteiger partial charge in [0.05, 0.1) is 38.2 Å². The molecule has 0 spiro atoms. The van der Waals surface area contributed by atoms with Gasteiger partial charge >= 0.3 is 0 Å². The van der Waals surface area contributed by atoms with E-state index in [1.165, 1.54) is 29.7 Å². The van der Waals surface area contributed by atoms with Crippen molar-refractivity contribution < 1.29 is 12.8 Å². The molecule has 0 saturated carbocycles. The van der Waals surface area contributed by atoms with Crippen LogP contribution in [0.5, 0.6) is 0 Å². The highest BCUT2D eigenvalue weighted by Crippen LogP contribution is 2.43. The Kier molecular flexibility index (Phi) is 5.83. The summed E-state index contributed by atoms with van der Waals surface area (Å²) in [5.74, 6) is 0.644. The number of aromatic nitrogens is 3. The number of anilines is 1. The maximum absolute atomic E-state index is 12.6. The second kappa shape index (κ2) is 8.31. The highest BCUT2D eigenvalue weighted by atomic mass is 35.5. The van der Waals surface area contributed by atoms with Gasteiger partial charge in [-0.1, -0.05) is 44.5 Å². The van der Waals surface area contributed by atoms with Crippen molar-refractivity contribution in [3.05, 3.63) is 64.7 Å². The summed E-state index contributed by atoms with van der Waals surface area (Å²) in [6, 6.07) is 9.83. The summed E-state index contributed by atoms with van der Waals surface area (Å²) in [7, 11) is -3.92. The van der Waals surface area contributed by atoms with E-state index in [9.17, 15) is 8.42 Å². The molecule has 0 aliphatic heterocycles. The Bertz CT molecular complexity index is 1370. The van der Waals surface area contributed by atoms with Gasteiger partial charge in [-0.2, -0.15) is 8.42 Å². The Hall–Kier alpha value is -2.75. The van der Waals surface area contributed by atoms with E-state index >= 15 is 0 Å². The molecule has 0 unspecified atom stereocenters. The average molecular weight is 489 g/mol. The molecular formula is C22H21ClN4O3S2. The van der Waals surface area contributed by atoms with Crippen LogP contribution in [0.1, 0.15) is 31.6 Å². The Morgan fingerprint density at radius 3 is 2.53 bits per heavy atom. The fourth-order valence-electron chi connectivity index (χ4n) is 2.98. The molecule has 1 aromatic carbocycles. The predicted molar refractivity (Wildman–Crippen MR) is 127 cm³/mol. The molecule has 1 N–H and O–H groups in total. The van der Waals surface area contributed by atoms with E-state index < -0.39 is 10.0 Å². The van der Waals surface area contributed by atoms with Crippen LogP contribution in [0.4, 0.5) is 5.69 Å². The van der Waals surface area contributed by atoms with Gasteiger partial charge in [-0.25, -0.2) is 15.0 Å². The first-order valence-electron chi connectivity index (χ1n) is 9.73. The van der Waals surface area contributed by atoms with E-state index in [-0.39, 0.29) is 21.2 Å². The van der Waals surface area contributed by atoms with Crippen LogP contribution in [0.25, 0.3) is 21.8 Å². The number of hydrogen-bond donors (Lipinski definition) is 1. The molecule has 10 heteroatoms. The number of benzene rings is 1. The lowest BCUT2D eigenvalue weighted by molar-refractivity contribution is 0.452. The Morgan fingerprint density at radius 2 is 1.88 bits per heavy atom. The molecule has 0 saturated heterocycles. The molecule has 7 nitrogen and oxygen atoms in total. The van der Waals surface area contributed by atoms with Crippen LogP contribution < -0.4 is 4.72 Å². The third-order valence-corrected chi connectivity index (χ3v) is 7.70. The molecule has 166 valence electrons. The van der Waals surface area contributed by atoms with Crippen molar-refractivity contribution in [3.8, 4) is 21.8 Å². The molecule has 0 bridgehead atoms. The van der Waals surface area contributed by atoms with Crippen molar-refractivity contribution in [1.29, 1.82) is 0 Å². The Labute approximate surface area is 195 Å². The first-order valence-corrected chi connectivity index (χ1v) is 12.4. The molecule has 3 heterocycles. The minimum atomic E-state index is -3.92. The van der Waals surface area contributed by atoms with E-state index in [0.29, 0.717) is 17.1 Å².